The molecule has 0 aliphatic carbocycles. The molecule has 0 radical (unpaired) electrons. The number of rotatable bonds is 4. The summed E-state index contributed by atoms with van der Waals surface area (Å²) >= 11 is 0. The lowest BCUT2D eigenvalue weighted by atomic mass is 10.3. The molecule has 0 unspecified atom stereocenters. The zero-order valence-corrected chi connectivity index (χ0v) is 8.27. The number of likely N-dealkylation sites (N-methyl/N-ethyl adjacent to an activating group) is 1. The van der Waals surface area contributed by atoms with E-state index in [1.807, 2.05) is 17.8 Å². The fraction of sp³-hybridized carbons (Fsp3) is 0.667. The van der Waals surface area contributed by atoms with Gasteiger partial charge in [-0.25, -0.2) is 4.68 Å². The molecule has 0 fully saturated rings. The SMILES string of the molecule is CNCCO[C@@H]1COc2ccnn2C1. The highest BCUT2D eigenvalue weighted by atomic mass is 16.5. The molecular formula is C9H15N3O2. The molecule has 5 heteroatoms. The van der Waals surface area contributed by atoms with Gasteiger partial charge in [0.05, 0.1) is 19.3 Å². The van der Waals surface area contributed by atoms with Crippen LogP contribution in [0.15, 0.2) is 12.3 Å². The Morgan fingerprint density at radius 2 is 2.71 bits per heavy atom. The van der Waals surface area contributed by atoms with Crippen molar-refractivity contribution in [3.63, 3.8) is 0 Å². The Kier molecular flexibility index (Phi) is 3.00. The number of hydrogen-bond acceptors (Lipinski definition) is 4. The summed E-state index contributed by atoms with van der Waals surface area (Å²) in [6.07, 6.45) is 1.86. The monoisotopic (exact) mass is 197 g/mol. The van der Waals surface area contributed by atoms with E-state index in [0.29, 0.717) is 13.2 Å². The topological polar surface area (TPSA) is 48.3 Å². The van der Waals surface area contributed by atoms with Gasteiger partial charge >= 0.3 is 0 Å². The van der Waals surface area contributed by atoms with Gasteiger partial charge in [-0.3, -0.25) is 0 Å². The lowest BCUT2D eigenvalue weighted by Crippen LogP contribution is -2.34. The highest BCUT2D eigenvalue weighted by Crippen LogP contribution is 2.16. The summed E-state index contributed by atoms with van der Waals surface area (Å²) in [5.74, 6) is 0.832. The van der Waals surface area contributed by atoms with Crippen LogP contribution in [-0.4, -0.2) is 42.7 Å². The molecule has 14 heavy (non-hydrogen) atoms. The first-order valence-corrected chi connectivity index (χ1v) is 4.81. The molecule has 0 amide bonds. The van der Waals surface area contributed by atoms with E-state index in [2.05, 4.69) is 10.4 Å². The molecule has 1 N–H and O–H groups in total. The van der Waals surface area contributed by atoms with Crippen LogP contribution in [0.4, 0.5) is 0 Å². The second-order valence-corrected chi connectivity index (χ2v) is 3.26. The first kappa shape index (κ1) is 9.48. The Labute approximate surface area is 83.0 Å². The lowest BCUT2D eigenvalue weighted by Gasteiger charge is -2.24. The van der Waals surface area contributed by atoms with Crippen molar-refractivity contribution in [2.75, 3.05) is 26.8 Å². The van der Waals surface area contributed by atoms with E-state index < -0.39 is 0 Å². The van der Waals surface area contributed by atoms with Crippen molar-refractivity contribution in [3.05, 3.63) is 12.3 Å². The normalized spacial score (nSPS) is 20.2. The first-order chi connectivity index (χ1) is 6.90. The predicted molar refractivity (Wildman–Crippen MR) is 51.4 cm³/mol. The van der Waals surface area contributed by atoms with Gasteiger partial charge in [-0.1, -0.05) is 0 Å². The van der Waals surface area contributed by atoms with Crippen LogP contribution in [0.5, 0.6) is 5.88 Å². The standard InChI is InChI=1S/C9H15N3O2/c1-10-4-5-13-8-6-12-9(14-7-8)2-3-11-12/h2-3,8,10H,4-7H2,1H3/t8-/m0/s1. The van der Waals surface area contributed by atoms with E-state index in [4.69, 9.17) is 9.47 Å². The molecule has 0 saturated carbocycles. The van der Waals surface area contributed by atoms with Crippen LogP contribution in [-0.2, 0) is 11.3 Å². The smallest absolute Gasteiger partial charge is 0.211 e. The maximum Gasteiger partial charge on any atom is 0.211 e. The van der Waals surface area contributed by atoms with Gasteiger partial charge in [0.2, 0.25) is 5.88 Å². The summed E-state index contributed by atoms with van der Waals surface area (Å²) in [5.41, 5.74) is 0. The summed E-state index contributed by atoms with van der Waals surface area (Å²) in [6, 6.07) is 1.86. The molecule has 78 valence electrons. The number of aromatic nitrogens is 2. The summed E-state index contributed by atoms with van der Waals surface area (Å²) in [6.45, 7) is 2.98. The minimum atomic E-state index is 0.121. The molecule has 2 heterocycles. The second-order valence-electron chi connectivity index (χ2n) is 3.26. The first-order valence-electron chi connectivity index (χ1n) is 4.81. The number of fused-ring (bicyclic) bond motifs is 1. The maximum atomic E-state index is 5.60. The number of nitrogens with zero attached hydrogens (tertiary/aromatic N) is 2. The van der Waals surface area contributed by atoms with Crippen molar-refractivity contribution in [2.45, 2.75) is 12.6 Å². The van der Waals surface area contributed by atoms with Gasteiger partial charge < -0.3 is 14.8 Å². The third kappa shape index (κ3) is 2.05. The Morgan fingerprint density at radius 3 is 3.57 bits per heavy atom. The molecule has 0 saturated heterocycles. The van der Waals surface area contributed by atoms with E-state index in [-0.39, 0.29) is 6.10 Å². The molecule has 1 aromatic rings. The summed E-state index contributed by atoms with van der Waals surface area (Å²) in [5, 5.41) is 7.16. The van der Waals surface area contributed by atoms with Crippen molar-refractivity contribution in [2.24, 2.45) is 0 Å². The fourth-order valence-electron chi connectivity index (χ4n) is 1.43. The zero-order valence-electron chi connectivity index (χ0n) is 8.27. The van der Waals surface area contributed by atoms with Gasteiger partial charge in [0.25, 0.3) is 0 Å². The molecule has 5 nitrogen and oxygen atoms in total. The van der Waals surface area contributed by atoms with Crippen LogP contribution in [0, 0.1) is 0 Å². The molecule has 1 atom stereocenters. The minimum absolute atomic E-state index is 0.121. The minimum Gasteiger partial charge on any atom is -0.475 e. The molecule has 1 aromatic heterocycles. The highest BCUT2D eigenvalue weighted by molar-refractivity contribution is 5.09. The lowest BCUT2D eigenvalue weighted by molar-refractivity contribution is -0.0104. The van der Waals surface area contributed by atoms with Gasteiger partial charge in [-0.05, 0) is 7.05 Å². The fourth-order valence-corrected chi connectivity index (χ4v) is 1.43. The van der Waals surface area contributed by atoms with E-state index in [1.165, 1.54) is 0 Å². The summed E-state index contributed by atoms with van der Waals surface area (Å²) < 4.78 is 12.9. The van der Waals surface area contributed by atoms with E-state index in [0.717, 1.165) is 19.0 Å². The third-order valence-electron chi connectivity index (χ3n) is 2.18. The third-order valence-corrected chi connectivity index (χ3v) is 2.18. The molecule has 2 rings (SSSR count). The van der Waals surface area contributed by atoms with Crippen molar-refractivity contribution in [1.29, 1.82) is 0 Å². The van der Waals surface area contributed by atoms with Crippen molar-refractivity contribution >= 4 is 0 Å². The van der Waals surface area contributed by atoms with Crippen molar-refractivity contribution < 1.29 is 9.47 Å². The Hall–Kier alpha value is -1.07. The van der Waals surface area contributed by atoms with Crippen LogP contribution >= 0.6 is 0 Å². The Morgan fingerprint density at radius 1 is 1.79 bits per heavy atom. The summed E-state index contributed by atoms with van der Waals surface area (Å²) in [7, 11) is 1.91. The molecule has 1 aliphatic rings. The number of ether oxygens (including phenoxy) is 2. The van der Waals surface area contributed by atoms with Crippen LogP contribution < -0.4 is 10.1 Å². The second kappa shape index (κ2) is 4.43. The van der Waals surface area contributed by atoms with Gasteiger partial charge in [0.1, 0.15) is 12.7 Å². The van der Waals surface area contributed by atoms with Crippen molar-refractivity contribution in [1.82, 2.24) is 15.1 Å². The maximum absolute atomic E-state index is 5.60. The number of nitrogens with one attached hydrogen (secondary N) is 1. The Bertz CT molecular complexity index is 287. The average molecular weight is 197 g/mol. The zero-order chi connectivity index (χ0) is 9.80. The molecule has 0 spiro atoms. The van der Waals surface area contributed by atoms with E-state index in [1.54, 1.807) is 6.20 Å². The average Bonchev–Trinajstić information content (AvgIpc) is 2.65. The molecular weight excluding hydrogens is 182 g/mol. The molecule has 1 aliphatic heterocycles. The highest BCUT2D eigenvalue weighted by Gasteiger charge is 2.19. The van der Waals surface area contributed by atoms with E-state index in [9.17, 15) is 0 Å². The number of hydrogen-bond donors (Lipinski definition) is 1. The molecule has 0 bridgehead atoms. The summed E-state index contributed by atoms with van der Waals surface area (Å²) in [4.78, 5) is 0. The largest absolute Gasteiger partial charge is 0.475 e. The van der Waals surface area contributed by atoms with Crippen LogP contribution in [0.3, 0.4) is 0 Å². The molecule has 0 aromatic carbocycles. The van der Waals surface area contributed by atoms with Crippen LogP contribution in [0.25, 0.3) is 0 Å². The van der Waals surface area contributed by atoms with Gasteiger partial charge in [0, 0.05) is 12.6 Å². The Balaban J connectivity index is 1.82. The van der Waals surface area contributed by atoms with Gasteiger partial charge in [-0.15, -0.1) is 0 Å². The van der Waals surface area contributed by atoms with Crippen molar-refractivity contribution in [3.8, 4) is 5.88 Å². The quantitative estimate of drug-likeness (QED) is 0.684. The van der Waals surface area contributed by atoms with E-state index >= 15 is 0 Å². The van der Waals surface area contributed by atoms with Gasteiger partial charge in [-0.2, -0.15) is 5.10 Å². The van der Waals surface area contributed by atoms with Crippen LogP contribution in [0.1, 0.15) is 0 Å². The van der Waals surface area contributed by atoms with Gasteiger partial charge in [0.15, 0.2) is 0 Å². The van der Waals surface area contributed by atoms with Crippen LogP contribution in [0.2, 0.25) is 0 Å². The predicted octanol–water partition coefficient (Wildman–Crippen LogP) is -0.120.